The van der Waals surface area contributed by atoms with Crippen molar-refractivity contribution in [3.63, 3.8) is 0 Å². The van der Waals surface area contributed by atoms with Crippen molar-refractivity contribution in [3.8, 4) is 0 Å². The molecule has 3 rings (SSSR count). The summed E-state index contributed by atoms with van der Waals surface area (Å²) in [4.78, 5) is 8.57. The average molecular weight is 284 g/mol. The molecule has 0 saturated heterocycles. The van der Waals surface area contributed by atoms with E-state index in [1.165, 1.54) is 5.56 Å². The van der Waals surface area contributed by atoms with Gasteiger partial charge in [0.1, 0.15) is 12.1 Å². The van der Waals surface area contributed by atoms with Gasteiger partial charge >= 0.3 is 0 Å². The molecular formula is C16H14ClN3. The number of rotatable bonds is 4. The van der Waals surface area contributed by atoms with E-state index < -0.39 is 0 Å². The van der Waals surface area contributed by atoms with Crippen LogP contribution in [0.15, 0.2) is 54.9 Å². The molecular weight excluding hydrogens is 270 g/mol. The molecule has 3 aromatic rings. The Morgan fingerprint density at radius 1 is 0.950 bits per heavy atom. The van der Waals surface area contributed by atoms with E-state index in [0.717, 1.165) is 22.3 Å². The molecule has 0 saturated carbocycles. The maximum absolute atomic E-state index is 5.85. The third-order valence-corrected chi connectivity index (χ3v) is 3.46. The standard InChI is InChI=1S/C16H14ClN3/c17-9-12-4-3-5-13(8-12)10-18-16-14-6-1-2-7-15(14)19-11-20-16/h1-8,11H,9-10H2,(H,18,19,20). The fourth-order valence-electron chi connectivity index (χ4n) is 2.15. The summed E-state index contributed by atoms with van der Waals surface area (Å²) < 4.78 is 0. The molecule has 1 aromatic heterocycles. The minimum atomic E-state index is 0.532. The lowest BCUT2D eigenvalue weighted by Crippen LogP contribution is -2.02. The highest BCUT2D eigenvalue weighted by molar-refractivity contribution is 6.17. The lowest BCUT2D eigenvalue weighted by Gasteiger charge is -2.09. The van der Waals surface area contributed by atoms with Gasteiger partial charge in [-0.1, -0.05) is 36.4 Å². The number of hydrogen-bond acceptors (Lipinski definition) is 3. The summed E-state index contributed by atoms with van der Waals surface area (Å²) >= 11 is 5.85. The summed E-state index contributed by atoms with van der Waals surface area (Å²) in [5.74, 6) is 1.39. The third kappa shape index (κ3) is 2.73. The van der Waals surface area contributed by atoms with Crippen LogP contribution >= 0.6 is 11.6 Å². The van der Waals surface area contributed by atoms with Crippen molar-refractivity contribution in [3.05, 3.63) is 66.0 Å². The highest BCUT2D eigenvalue weighted by Crippen LogP contribution is 2.19. The molecule has 1 heterocycles. The maximum atomic E-state index is 5.85. The van der Waals surface area contributed by atoms with Gasteiger partial charge in [0.15, 0.2) is 0 Å². The molecule has 3 nitrogen and oxygen atoms in total. The highest BCUT2D eigenvalue weighted by Gasteiger charge is 2.02. The van der Waals surface area contributed by atoms with Gasteiger partial charge in [-0.25, -0.2) is 9.97 Å². The lowest BCUT2D eigenvalue weighted by atomic mass is 10.1. The largest absolute Gasteiger partial charge is 0.365 e. The Hall–Kier alpha value is -2.13. The summed E-state index contributed by atoms with van der Waals surface area (Å²) in [5, 5.41) is 4.39. The first-order chi connectivity index (χ1) is 9.86. The van der Waals surface area contributed by atoms with Gasteiger partial charge in [-0.3, -0.25) is 0 Å². The molecule has 0 aliphatic heterocycles. The number of nitrogens with one attached hydrogen (secondary N) is 1. The van der Waals surface area contributed by atoms with E-state index in [-0.39, 0.29) is 0 Å². The van der Waals surface area contributed by atoms with Crippen LogP contribution in [-0.4, -0.2) is 9.97 Å². The molecule has 0 aliphatic rings. The Morgan fingerprint density at radius 3 is 2.70 bits per heavy atom. The summed E-state index contributed by atoms with van der Waals surface area (Å²) in [5.41, 5.74) is 3.25. The van der Waals surface area contributed by atoms with Crippen LogP contribution in [0.2, 0.25) is 0 Å². The van der Waals surface area contributed by atoms with E-state index in [9.17, 15) is 0 Å². The number of benzene rings is 2. The van der Waals surface area contributed by atoms with Gasteiger partial charge in [-0.2, -0.15) is 0 Å². The van der Waals surface area contributed by atoms with Gasteiger partial charge in [0.05, 0.1) is 5.52 Å². The number of alkyl halides is 1. The number of aromatic nitrogens is 2. The summed E-state index contributed by atoms with van der Waals surface area (Å²) in [6.07, 6.45) is 1.58. The number of anilines is 1. The Bertz CT molecular complexity index is 722. The Kier molecular flexibility index (Phi) is 3.79. The molecule has 1 N–H and O–H groups in total. The fourth-order valence-corrected chi connectivity index (χ4v) is 2.32. The molecule has 0 unspecified atom stereocenters. The maximum Gasteiger partial charge on any atom is 0.137 e. The minimum absolute atomic E-state index is 0.532. The molecule has 100 valence electrons. The van der Waals surface area contributed by atoms with E-state index >= 15 is 0 Å². The first-order valence-electron chi connectivity index (χ1n) is 6.44. The topological polar surface area (TPSA) is 37.8 Å². The van der Waals surface area contributed by atoms with Crippen molar-refractivity contribution in [2.24, 2.45) is 0 Å². The monoisotopic (exact) mass is 283 g/mol. The van der Waals surface area contributed by atoms with Crippen molar-refractivity contribution in [1.82, 2.24) is 9.97 Å². The molecule has 2 aromatic carbocycles. The minimum Gasteiger partial charge on any atom is -0.365 e. The fraction of sp³-hybridized carbons (Fsp3) is 0.125. The van der Waals surface area contributed by atoms with Crippen molar-refractivity contribution in [2.75, 3.05) is 5.32 Å². The van der Waals surface area contributed by atoms with E-state index in [0.29, 0.717) is 12.4 Å². The van der Waals surface area contributed by atoms with Crippen molar-refractivity contribution < 1.29 is 0 Å². The number of nitrogens with zero attached hydrogens (tertiary/aromatic N) is 2. The van der Waals surface area contributed by atoms with E-state index in [1.807, 2.05) is 36.4 Å². The SMILES string of the molecule is ClCc1cccc(CNc2ncnc3ccccc23)c1. The molecule has 0 bridgehead atoms. The summed E-state index contributed by atoms with van der Waals surface area (Å²) in [7, 11) is 0. The van der Waals surface area contributed by atoms with Crippen LogP contribution in [-0.2, 0) is 12.4 Å². The lowest BCUT2D eigenvalue weighted by molar-refractivity contribution is 1.10. The molecule has 0 radical (unpaired) electrons. The smallest absolute Gasteiger partial charge is 0.137 e. The van der Waals surface area contributed by atoms with Gasteiger partial charge in [-0.15, -0.1) is 11.6 Å². The third-order valence-electron chi connectivity index (χ3n) is 3.15. The van der Waals surface area contributed by atoms with Gasteiger partial charge in [0, 0.05) is 17.8 Å². The number of halogens is 1. The van der Waals surface area contributed by atoms with Crippen molar-refractivity contribution >= 4 is 28.3 Å². The van der Waals surface area contributed by atoms with Gasteiger partial charge in [0.2, 0.25) is 0 Å². The van der Waals surface area contributed by atoms with Crippen molar-refractivity contribution in [1.29, 1.82) is 0 Å². The second-order valence-electron chi connectivity index (χ2n) is 4.55. The van der Waals surface area contributed by atoms with E-state index in [2.05, 4.69) is 27.4 Å². The zero-order chi connectivity index (χ0) is 13.8. The highest BCUT2D eigenvalue weighted by atomic mass is 35.5. The predicted molar refractivity (Wildman–Crippen MR) is 82.9 cm³/mol. The Labute approximate surface area is 122 Å². The molecule has 0 aliphatic carbocycles. The van der Waals surface area contributed by atoms with E-state index in [1.54, 1.807) is 6.33 Å². The molecule has 0 atom stereocenters. The molecule has 0 spiro atoms. The second kappa shape index (κ2) is 5.88. The zero-order valence-electron chi connectivity index (χ0n) is 10.9. The van der Waals surface area contributed by atoms with Crippen LogP contribution < -0.4 is 5.32 Å². The van der Waals surface area contributed by atoms with Crippen LogP contribution in [0.1, 0.15) is 11.1 Å². The molecule has 0 amide bonds. The van der Waals surface area contributed by atoms with Gasteiger partial charge < -0.3 is 5.32 Å². The van der Waals surface area contributed by atoms with Crippen LogP contribution in [0.5, 0.6) is 0 Å². The van der Waals surface area contributed by atoms with Crippen molar-refractivity contribution in [2.45, 2.75) is 12.4 Å². The number of hydrogen-bond donors (Lipinski definition) is 1. The normalized spacial score (nSPS) is 10.7. The number of fused-ring (bicyclic) bond motifs is 1. The molecule has 20 heavy (non-hydrogen) atoms. The van der Waals surface area contributed by atoms with Gasteiger partial charge in [-0.05, 0) is 23.3 Å². The average Bonchev–Trinajstić information content (AvgIpc) is 2.53. The van der Waals surface area contributed by atoms with E-state index in [4.69, 9.17) is 11.6 Å². The van der Waals surface area contributed by atoms with Gasteiger partial charge in [0.25, 0.3) is 0 Å². The number of para-hydroxylation sites is 1. The van der Waals surface area contributed by atoms with Crippen LogP contribution in [0.3, 0.4) is 0 Å². The Balaban J connectivity index is 1.83. The first-order valence-corrected chi connectivity index (χ1v) is 6.97. The molecule has 0 fully saturated rings. The predicted octanol–water partition coefficient (Wildman–Crippen LogP) is 3.98. The van der Waals surface area contributed by atoms with Crippen LogP contribution in [0.4, 0.5) is 5.82 Å². The zero-order valence-corrected chi connectivity index (χ0v) is 11.6. The molecule has 4 heteroatoms. The second-order valence-corrected chi connectivity index (χ2v) is 4.81. The summed E-state index contributed by atoms with van der Waals surface area (Å²) in [6, 6.07) is 16.2. The van der Waals surface area contributed by atoms with Crippen LogP contribution in [0.25, 0.3) is 10.9 Å². The first kappa shape index (κ1) is 12.9. The quantitative estimate of drug-likeness (QED) is 0.736. The Morgan fingerprint density at radius 2 is 1.80 bits per heavy atom. The summed E-state index contributed by atoms with van der Waals surface area (Å²) in [6.45, 7) is 0.714. The van der Waals surface area contributed by atoms with Crippen LogP contribution in [0, 0.1) is 0 Å².